The fraction of sp³-hybridized carbons (Fsp3) is 0.296. The van der Waals surface area contributed by atoms with E-state index in [9.17, 15) is 4.79 Å². The monoisotopic (exact) mass is 464 g/mol. The molecule has 5 heteroatoms. The van der Waals surface area contributed by atoms with Crippen molar-refractivity contribution in [3.05, 3.63) is 106 Å². The zero-order valence-electron chi connectivity index (χ0n) is 17.8. The Morgan fingerprint density at radius 2 is 1.28 bits per heavy atom. The first-order chi connectivity index (χ1) is 15.6. The minimum atomic E-state index is 0.000625. The molecule has 5 rings (SSSR count). The van der Waals surface area contributed by atoms with Gasteiger partial charge in [-0.15, -0.1) is 0 Å². The number of benzene rings is 3. The number of halogens is 2. The molecule has 3 aromatic rings. The fourth-order valence-corrected chi connectivity index (χ4v) is 5.97. The number of amides is 1. The van der Waals surface area contributed by atoms with E-state index < -0.39 is 0 Å². The van der Waals surface area contributed by atoms with Gasteiger partial charge in [-0.3, -0.25) is 9.69 Å². The first-order valence-corrected chi connectivity index (χ1v) is 12.0. The average molecular weight is 465 g/mol. The van der Waals surface area contributed by atoms with Crippen molar-refractivity contribution in [2.24, 2.45) is 0 Å². The largest absolute Gasteiger partial charge is 0.349 e. The predicted molar refractivity (Wildman–Crippen MR) is 130 cm³/mol. The molecule has 2 fully saturated rings. The molecule has 0 aliphatic carbocycles. The Morgan fingerprint density at radius 3 is 1.81 bits per heavy atom. The maximum absolute atomic E-state index is 12.7. The van der Waals surface area contributed by atoms with Crippen molar-refractivity contribution in [1.29, 1.82) is 0 Å². The van der Waals surface area contributed by atoms with E-state index in [1.54, 1.807) is 0 Å². The fourth-order valence-electron chi connectivity index (χ4n) is 5.49. The second kappa shape index (κ2) is 9.27. The third-order valence-corrected chi connectivity index (χ3v) is 7.55. The Kier molecular flexibility index (Phi) is 6.23. The molecule has 0 saturated carbocycles. The van der Waals surface area contributed by atoms with Crippen LogP contribution in [-0.2, 0) is 0 Å². The summed E-state index contributed by atoms with van der Waals surface area (Å²) in [6, 6.07) is 26.5. The lowest BCUT2D eigenvalue weighted by atomic mass is 9.89. The highest BCUT2D eigenvalue weighted by molar-refractivity contribution is 6.32. The highest BCUT2D eigenvalue weighted by atomic mass is 35.5. The van der Waals surface area contributed by atoms with E-state index in [4.69, 9.17) is 23.2 Å². The minimum absolute atomic E-state index is 0.000625. The molecule has 2 bridgehead atoms. The lowest BCUT2D eigenvalue weighted by molar-refractivity contribution is 0.0742. The van der Waals surface area contributed by atoms with Gasteiger partial charge in [-0.05, 0) is 61.1 Å². The van der Waals surface area contributed by atoms with E-state index in [0.29, 0.717) is 17.6 Å². The Labute approximate surface area is 199 Å². The van der Waals surface area contributed by atoms with E-state index in [-0.39, 0.29) is 18.0 Å². The van der Waals surface area contributed by atoms with Crippen molar-refractivity contribution in [1.82, 2.24) is 10.2 Å². The topological polar surface area (TPSA) is 32.3 Å². The number of carbonyl (C=O) groups excluding carboxylic acids is 1. The van der Waals surface area contributed by atoms with Crippen LogP contribution < -0.4 is 5.32 Å². The van der Waals surface area contributed by atoms with Crippen LogP contribution in [-0.4, -0.2) is 28.9 Å². The van der Waals surface area contributed by atoms with Gasteiger partial charge in [0.05, 0.1) is 6.04 Å². The Hall–Kier alpha value is -2.33. The SMILES string of the molecule is O=C(NC1CC2CCC(C1)N2C(c1ccccc1Cl)c1ccccc1Cl)c1ccccc1. The number of fused-ring (bicyclic) bond motifs is 2. The van der Waals surface area contributed by atoms with Crippen molar-refractivity contribution in [3.63, 3.8) is 0 Å². The molecule has 3 nitrogen and oxygen atoms in total. The normalized spacial score (nSPS) is 22.8. The van der Waals surface area contributed by atoms with Crippen LogP contribution in [0.1, 0.15) is 53.2 Å². The standard InChI is InChI=1S/C27H26Cl2N2O/c28-24-12-6-4-10-22(24)26(23-11-5-7-13-25(23)29)31-20-14-15-21(31)17-19(16-20)30-27(32)18-8-2-1-3-9-18/h1-13,19-21,26H,14-17H2,(H,30,32). The number of nitrogens with one attached hydrogen (secondary N) is 1. The number of carbonyl (C=O) groups is 1. The van der Waals surface area contributed by atoms with Crippen LogP contribution in [0.4, 0.5) is 0 Å². The highest BCUT2D eigenvalue weighted by Gasteiger charge is 2.45. The van der Waals surface area contributed by atoms with Gasteiger partial charge in [0, 0.05) is 33.7 Å². The summed E-state index contributed by atoms with van der Waals surface area (Å²) in [5.74, 6) is 0.0113. The lowest BCUT2D eigenvalue weighted by Gasteiger charge is -2.44. The van der Waals surface area contributed by atoms with Gasteiger partial charge in [0.2, 0.25) is 0 Å². The number of piperidine rings is 1. The second-order valence-electron chi connectivity index (χ2n) is 8.79. The maximum atomic E-state index is 12.7. The summed E-state index contributed by atoms with van der Waals surface area (Å²) in [7, 11) is 0. The summed E-state index contributed by atoms with van der Waals surface area (Å²) < 4.78 is 0. The summed E-state index contributed by atoms with van der Waals surface area (Å²) in [6.45, 7) is 0. The van der Waals surface area contributed by atoms with Gasteiger partial charge in [-0.25, -0.2) is 0 Å². The molecule has 2 unspecified atom stereocenters. The molecule has 1 N–H and O–H groups in total. The van der Waals surface area contributed by atoms with Gasteiger partial charge in [0.25, 0.3) is 5.91 Å². The molecular formula is C27H26Cl2N2O. The number of hydrogen-bond acceptors (Lipinski definition) is 2. The molecular weight excluding hydrogens is 439 g/mol. The number of hydrogen-bond donors (Lipinski definition) is 1. The van der Waals surface area contributed by atoms with E-state index >= 15 is 0 Å². The smallest absolute Gasteiger partial charge is 0.251 e. The Morgan fingerprint density at radius 1 is 0.781 bits per heavy atom. The van der Waals surface area contributed by atoms with Crippen LogP contribution in [0.2, 0.25) is 10.0 Å². The predicted octanol–water partition coefficient (Wildman–Crippen LogP) is 6.51. The average Bonchev–Trinajstić information content (AvgIpc) is 3.06. The molecule has 3 aromatic carbocycles. The van der Waals surface area contributed by atoms with Gasteiger partial charge >= 0.3 is 0 Å². The van der Waals surface area contributed by atoms with E-state index in [1.807, 2.05) is 66.7 Å². The molecule has 0 radical (unpaired) electrons. The van der Waals surface area contributed by atoms with E-state index in [1.165, 1.54) is 0 Å². The number of nitrogens with zero attached hydrogens (tertiary/aromatic N) is 1. The first kappa shape index (κ1) is 21.5. The van der Waals surface area contributed by atoms with E-state index in [0.717, 1.165) is 46.9 Å². The van der Waals surface area contributed by atoms with Gasteiger partial charge in [-0.2, -0.15) is 0 Å². The van der Waals surface area contributed by atoms with Crippen LogP contribution in [0.25, 0.3) is 0 Å². The van der Waals surface area contributed by atoms with Crippen molar-refractivity contribution in [3.8, 4) is 0 Å². The van der Waals surface area contributed by atoms with Gasteiger partial charge in [-0.1, -0.05) is 77.8 Å². The molecule has 2 atom stereocenters. The van der Waals surface area contributed by atoms with E-state index in [2.05, 4.69) is 22.3 Å². The zero-order chi connectivity index (χ0) is 22.1. The van der Waals surface area contributed by atoms with Crippen LogP contribution in [0, 0.1) is 0 Å². The summed E-state index contributed by atoms with van der Waals surface area (Å²) in [5, 5.41) is 4.80. The first-order valence-electron chi connectivity index (χ1n) is 11.2. The quantitative estimate of drug-likeness (QED) is 0.466. The molecule has 2 saturated heterocycles. The molecule has 0 spiro atoms. The molecule has 164 valence electrons. The molecule has 2 aliphatic rings. The van der Waals surface area contributed by atoms with Gasteiger partial charge in [0.15, 0.2) is 0 Å². The summed E-state index contributed by atoms with van der Waals surface area (Å²) >= 11 is 13.4. The van der Waals surface area contributed by atoms with Gasteiger partial charge < -0.3 is 5.32 Å². The summed E-state index contributed by atoms with van der Waals surface area (Å²) in [6.07, 6.45) is 4.10. The third-order valence-electron chi connectivity index (χ3n) is 6.86. The van der Waals surface area contributed by atoms with Crippen LogP contribution in [0.5, 0.6) is 0 Å². The highest BCUT2D eigenvalue weighted by Crippen LogP contribution is 2.46. The Balaban J connectivity index is 1.43. The zero-order valence-corrected chi connectivity index (χ0v) is 19.3. The van der Waals surface area contributed by atoms with Crippen LogP contribution in [0.15, 0.2) is 78.9 Å². The van der Waals surface area contributed by atoms with Crippen LogP contribution >= 0.6 is 23.2 Å². The van der Waals surface area contributed by atoms with Crippen LogP contribution in [0.3, 0.4) is 0 Å². The summed E-state index contributed by atoms with van der Waals surface area (Å²) in [5.41, 5.74) is 2.89. The van der Waals surface area contributed by atoms with Crippen molar-refractivity contribution in [2.45, 2.75) is 49.9 Å². The lowest BCUT2D eigenvalue weighted by Crippen LogP contribution is -2.51. The minimum Gasteiger partial charge on any atom is -0.349 e. The van der Waals surface area contributed by atoms with Crippen molar-refractivity contribution >= 4 is 29.1 Å². The molecule has 2 heterocycles. The third kappa shape index (κ3) is 4.17. The molecule has 1 amide bonds. The molecule has 0 aromatic heterocycles. The molecule has 32 heavy (non-hydrogen) atoms. The van der Waals surface area contributed by atoms with Crippen molar-refractivity contribution < 1.29 is 4.79 Å². The second-order valence-corrected chi connectivity index (χ2v) is 9.60. The summed E-state index contributed by atoms with van der Waals surface area (Å²) in [4.78, 5) is 15.3. The Bertz CT molecular complexity index is 1040. The molecule has 2 aliphatic heterocycles. The van der Waals surface area contributed by atoms with Gasteiger partial charge in [0.1, 0.15) is 0 Å². The maximum Gasteiger partial charge on any atom is 0.251 e. The van der Waals surface area contributed by atoms with Crippen molar-refractivity contribution in [2.75, 3.05) is 0 Å². The number of rotatable bonds is 5.